The summed E-state index contributed by atoms with van der Waals surface area (Å²) in [5, 5.41) is 0. The maximum absolute atomic E-state index is 14.3. The summed E-state index contributed by atoms with van der Waals surface area (Å²) < 4.78 is 5.46. The second-order valence-corrected chi connectivity index (χ2v) is 10.5. The number of likely N-dealkylation sites (tertiary alicyclic amines) is 1. The topological polar surface area (TPSA) is 66.9 Å². The summed E-state index contributed by atoms with van der Waals surface area (Å²) in [6.45, 7) is 1.86. The monoisotopic (exact) mass is 492 g/mol. The lowest BCUT2D eigenvalue weighted by Crippen LogP contribution is -2.54. The average Bonchev–Trinajstić information content (AvgIpc) is 3.22. The molecule has 6 heteroatoms. The van der Waals surface area contributed by atoms with Gasteiger partial charge in [0.15, 0.2) is 0 Å². The van der Waals surface area contributed by atoms with Crippen LogP contribution in [0.15, 0.2) is 78.9 Å². The van der Waals surface area contributed by atoms with Crippen LogP contribution < -0.4 is 0 Å². The minimum atomic E-state index is -0.864. The molecule has 0 unspecified atom stereocenters. The Bertz CT molecular complexity index is 1280. The average molecular weight is 493 g/mol. The summed E-state index contributed by atoms with van der Waals surface area (Å²) in [5.41, 5.74) is 5.47. The van der Waals surface area contributed by atoms with Crippen molar-refractivity contribution in [2.24, 2.45) is 11.8 Å². The highest BCUT2D eigenvalue weighted by Gasteiger charge is 2.63. The standard InChI is InChI=1S/C31H28N2O4/c34-29(32-14-16-37-17-15-32)24(18-19-8-2-1-3-9-19)33-30(35)27-25-20-10-4-5-11-21(20)26(28(27)31(33)36)23-13-7-6-12-22(23)25/h1-13,24-28H,14-18H2/t24-,25?,26?,27+,28+/m0/s1. The molecule has 0 radical (unpaired) electrons. The van der Waals surface area contributed by atoms with Crippen LogP contribution in [0.3, 0.4) is 0 Å². The zero-order valence-electron chi connectivity index (χ0n) is 20.5. The van der Waals surface area contributed by atoms with E-state index in [-0.39, 0.29) is 29.6 Å². The molecular weight excluding hydrogens is 464 g/mol. The van der Waals surface area contributed by atoms with Crippen LogP contribution in [-0.4, -0.2) is 59.9 Å². The van der Waals surface area contributed by atoms with Crippen molar-refractivity contribution in [3.05, 3.63) is 107 Å². The molecule has 6 nitrogen and oxygen atoms in total. The van der Waals surface area contributed by atoms with Gasteiger partial charge in [0, 0.05) is 31.3 Å². The number of nitrogens with zero attached hydrogens (tertiary/aromatic N) is 2. The van der Waals surface area contributed by atoms with E-state index in [2.05, 4.69) is 24.3 Å². The zero-order valence-corrected chi connectivity index (χ0v) is 20.5. The lowest BCUT2D eigenvalue weighted by molar-refractivity contribution is -0.153. The number of morpholine rings is 1. The molecule has 3 atom stereocenters. The quantitative estimate of drug-likeness (QED) is 0.524. The van der Waals surface area contributed by atoms with E-state index in [0.29, 0.717) is 32.7 Å². The van der Waals surface area contributed by atoms with Gasteiger partial charge in [0.25, 0.3) is 0 Å². The Labute approximate surface area is 215 Å². The number of imide groups is 1. The predicted octanol–water partition coefficient (Wildman–Crippen LogP) is 3.35. The van der Waals surface area contributed by atoms with Gasteiger partial charge in [-0.25, -0.2) is 0 Å². The molecule has 37 heavy (non-hydrogen) atoms. The van der Waals surface area contributed by atoms with Crippen molar-refractivity contribution in [3.63, 3.8) is 0 Å². The summed E-state index contributed by atoms with van der Waals surface area (Å²) in [4.78, 5) is 45.6. The molecule has 0 N–H and O–H groups in total. The van der Waals surface area contributed by atoms with Gasteiger partial charge in [-0.1, -0.05) is 78.9 Å². The summed E-state index contributed by atoms with van der Waals surface area (Å²) >= 11 is 0. The van der Waals surface area contributed by atoms with E-state index >= 15 is 0 Å². The molecule has 2 aliphatic heterocycles. The molecule has 2 fully saturated rings. The van der Waals surface area contributed by atoms with E-state index in [0.717, 1.165) is 27.8 Å². The van der Waals surface area contributed by atoms with E-state index in [9.17, 15) is 14.4 Å². The van der Waals surface area contributed by atoms with Gasteiger partial charge in [0.1, 0.15) is 6.04 Å². The number of benzene rings is 3. The van der Waals surface area contributed by atoms with Crippen LogP contribution in [-0.2, 0) is 25.5 Å². The SMILES string of the molecule is O=C([C@H](Cc1ccccc1)N1C(=O)[C@@H]2C3c4ccccc4C(c4ccccc43)[C@H]2C1=O)N1CCOCC1. The van der Waals surface area contributed by atoms with Crippen molar-refractivity contribution in [1.29, 1.82) is 0 Å². The summed E-state index contributed by atoms with van der Waals surface area (Å²) in [5.74, 6) is -1.93. The third kappa shape index (κ3) is 3.32. The van der Waals surface area contributed by atoms with Gasteiger partial charge in [0.05, 0.1) is 25.0 Å². The Morgan fingerprint density at radius 3 is 1.68 bits per heavy atom. The predicted molar refractivity (Wildman–Crippen MR) is 137 cm³/mol. The minimum Gasteiger partial charge on any atom is -0.378 e. The highest BCUT2D eigenvalue weighted by molar-refractivity contribution is 6.10. The number of amides is 3. The fraction of sp³-hybridized carbons (Fsp3) is 0.323. The van der Waals surface area contributed by atoms with Gasteiger partial charge < -0.3 is 9.64 Å². The summed E-state index contributed by atoms with van der Waals surface area (Å²) in [6, 6.07) is 25.2. The van der Waals surface area contributed by atoms with Crippen LogP contribution in [0.4, 0.5) is 0 Å². The Kier molecular flexibility index (Phi) is 5.25. The molecule has 8 rings (SSSR count). The molecular formula is C31H28N2O4. The lowest BCUT2D eigenvalue weighted by Gasteiger charge is -2.45. The van der Waals surface area contributed by atoms with Gasteiger partial charge in [-0.15, -0.1) is 0 Å². The fourth-order valence-electron chi connectivity index (χ4n) is 7.13. The van der Waals surface area contributed by atoms with Crippen LogP contribution in [0.25, 0.3) is 0 Å². The Balaban J connectivity index is 1.32. The normalized spacial score (nSPS) is 26.5. The van der Waals surface area contributed by atoms with Gasteiger partial charge in [-0.2, -0.15) is 0 Å². The molecule has 2 saturated heterocycles. The molecule has 186 valence electrons. The van der Waals surface area contributed by atoms with Crippen LogP contribution >= 0.6 is 0 Å². The van der Waals surface area contributed by atoms with Crippen LogP contribution in [0, 0.1) is 11.8 Å². The van der Waals surface area contributed by atoms with Crippen LogP contribution in [0.5, 0.6) is 0 Å². The highest BCUT2D eigenvalue weighted by Crippen LogP contribution is 2.61. The zero-order chi connectivity index (χ0) is 25.1. The number of hydrogen-bond acceptors (Lipinski definition) is 4. The number of carbonyl (C=O) groups is 3. The van der Waals surface area contributed by atoms with E-state index in [1.807, 2.05) is 54.6 Å². The Hall–Kier alpha value is -3.77. The van der Waals surface area contributed by atoms with Crippen LogP contribution in [0.2, 0.25) is 0 Å². The summed E-state index contributed by atoms with van der Waals surface area (Å²) in [6.07, 6.45) is 0.309. The first-order valence-electron chi connectivity index (χ1n) is 13.1. The van der Waals surface area contributed by atoms with Crippen molar-refractivity contribution in [3.8, 4) is 0 Å². The van der Waals surface area contributed by atoms with Crippen molar-refractivity contribution in [1.82, 2.24) is 9.80 Å². The second kappa shape index (κ2) is 8.67. The van der Waals surface area contributed by atoms with E-state index in [1.165, 1.54) is 4.90 Å². The molecule has 0 saturated carbocycles. The molecule has 3 aromatic carbocycles. The van der Waals surface area contributed by atoms with E-state index in [1.54, 1.807) is 4.90 Å². The molecule has 0 aromatic heterocycles. The smallest absolute Gasteiger partial charge is 0.246 e. The van der Waals surface area contributed by atoms with Gasteiger partial charge in [0.2, 0.25) is 17.7 Å². The molecule has 3 amide bonds. The number of rotatable bonds is 4. The molecule has 3 aromatic rings. The maximum Gasteiger partial charge on any atom is 0.246 e. The molecule has 2 heterocycles. The summed E-state index contributed by atoms with van der Waals surface area (Å²) in [7, 11) is 0. The first-order valence-corrected chi connectivity index (χ1v) is 13.1. The third-order valence-corrected chi connectivity index (χ3v) is 8.67. The van der Waals surface area contributed by atoms with E-state index < -0.39 is 17.9 Å². The number of carbonyl (C=O) groups excluding carboxylic acids is 3. The van der Waals surface area contributed by atoms with Gasteiger partial charge in [-0.3, -0.25) is 19.3 Å². The molecule has 2 bridgehead atoms. The largest absolute Gasteiger partial charge is 0.378 e. The highest BCUT2D eigenvalue weighted by atomic mass is 16.5. The second-order valence-electron chi connectivity index (χ2n) is 10.5. The molecule has 3 aliphatic carbocycles. The number of ether oxygens (including phenoxy) is 1. The third-order valence-electron chi connectivity index (χ3n) is 8.67. The lowest BCUT2D eigenvalue weighted by atomic mass is 9.55. The van der Waals surface area contributed by atoms with Crippen molar-refractivity contribution in [2.45, 2.75) is 24.3 Å². The fourth-order valence-corrected chi connectivity index (χ4v) is 7.13. The van der Waals surface area contributed by atoms with Crippen molar-refractivity contribution < 1.29 is 19.1 Å². The molecule has 0 spiro atoms. The Morgan fingerprint density at radius 1 is 0.730 bits per heavy atom. The van der Waals surface area contributed by atoms with Crippen LogP contribution in [0.1, 0.15) is 39.7 Å². The minimum absolute atomic E-state index is 0.171. The first kappa shape index (κ1) is 22.4. The van der Waals surface area contributed by atoms with E-state index in [4.69, 9.17) is 4.74 Å². The number of hydrogen-bond donors (Lipinski definition) is 0. The Morgan fingerprint density at radius 2 is 1.19 bits per heavy atom. The first-order chi connectivity index (χ1) is 18.1. The van der Waals surface area contributed by atoms with Crippen molar-refractivity contribution in [2.75, 3.05) is 26.3 Å². The van der Waals surface area contributed by atoms with Crippen molar-refractivity contribution >= 4 is 17.7 Å². The molecule has 5 aliphatic rings. The van der Waals surface area contributed by atoms with Gasteiger partial charge in [-0.05, 0) is 27.8 Å². The van der Waals surface area contributed by atoms with Gasteiger partial charge >= 0.3 is 0 Å². The maximum atomic E-state index is 14.3.